The lowest BCUT2D eigenvalue weighted by Gasteiger charge is -2.51. The van der Waals surface area contributed by atoms with Gasteiger partial charge in [-0.05, 0) is 66.6 Å². The fourth-order valence-corrected chi connectivity index (χ4v) is 5.26. The highest BCUT2D eigenvalue weighted by Crippen LogP contribution is 2.43. The molecule has 6 rings (SSSR count). The summed E-state index contributed by atoms with van der Waals surface area (Å²) in [4.78, 5) is 7.09. The molecule has 30 heavy (non-hydrogen) atoms. The van der Waals surface area contributed by atoms with E-state index in [1.807, 2.05) is 36.5 Å². The Morgan fingerprint density at radius 3 is 2.83 bits per heavy atom. The summed E-state index contributed by atoms with van der Waals surface area (Å²) in [6.07, 6.45) is 6.25. The van der Waals surface area contributed by atoms with Crippen LogP contribution >= 0.6 is 0 Å². The van der Waals surface area contributed by atoms with Gasteiger partial charge in [0, 0.05) is 24.2 Å². The van der Waals surface area contributed by atoms with Crippen LogP contribution in [0.5, 0.6) is 5.75 Å². The van der Waals surface area contributed by atoms with Gasteiger partial charge in [0.05, 0.1) is 18.2 Å². The number of fused-ring (bicyclic) bond motifs is 4. The first-order valence-electron chi connectivity index (χ1n) is 10.8. The van der Waals surface area contributed by atoms with E-state index in [0.29, 0.717) is 24.5 Å². The predicted molar refractivity (Wildman–Crippen MR) is 119 cm³/mol. The van der Waals surface area contributed by atoms with E-state index in [-0.39, 0.29) is 11.9 Å². The predicted octanol–water partition coefficient (Wildman–Crippen LogP) is 5.09. The molecule has 1 unspecified atom stereocenters. The SMILES string of the molecule is C=C[C@H]1CN2CC[C@H]1C[C@H]2[C@@H](OCc1ccccc1)c1ccnc2ccc(O)cc12. The van der Waals surface area contributed by atoms with Crippen molar-refractivity contribution in [3.63, 3.8) is 0 Å². The molecule has 3 saturated heterocycles. The van der Waals surface area contributed by atoms with Gasteiger partial charge in [-0.2, -0.15) is 0 Å². The third-order valence-corrected chi connectivity index (χ3v) is 6.84. The highest BCUT2D eigenvalue weighted by molar-refractivity contribution is 5.83. The van der Waals surface area contributed by atoms with E-state index >= 15 is 0 Å². The van der Waals surface area contributed by atoms with E-state index in [1.165, 1.54) is 12.0 Å². The van der Waals surface area contributed by atoms with Crippen molar-refractivity contribution in [2.24, 2.45) is 11.8 Å². The van der Waals surface area contributed by atoms with Crippen LogP contribution in [0.2, 0.25) is 0 Å². The number of piperidine rings is 3. The van der Waals surface area contributed by atoms with Crippen LogP contribution in [0.1, 0.15) is 30.1 Å². The van der Waals surface area contributed by atoms with Gasteiger partial charge in [-0.1, -0.05) is 36.4 Å². The number of pyridine rings is 1. The molecule has 2 aromatic carbocycles. The number of benzene rings is 2. The molecule has 0 radical (unpaired) electrons. The van der Waals surface area contributed by atoms with Gasteiger partial charge in [0.2, 0.25) is 0 Å². The molecule has 0 amide bonds. The molecule has 3 fully saturated rings. The van der Waals surface area contributed by atoms with Crippen molar-refractivity contribution >= 4 is 10.9 Å². The average Bonchev–Trinajstić information content (AvgIpc) is 2.80. The Morgan fingerprint density at radius 2 is 2.07 bits per heavy atom. The van der Waals surface area contributed by atoms with Gasteiger partial charge in [-0.3, -0.25) is 9.88 Å². The second kappa shape index (κ2) is 8.21. The summed E-state index contributed by atoms with van der Waals surface area (Å²) in [5.74, 6) is 1.50. The number of hydrogen-bond acceptors (Lipinski definition) is 4. The largest absolute Gasteiger partial charge is 0.508 e. The van der Waals surface area contributed by atoms with Crippen molar-refractivity contribution in [2.75, 3.05) is 13.1 Å². The van der Waals surface area contributed by atoms with E-state index in [1.54, 1.807) is 6.07 Å². The van der Waals surface area contributed by atoms with E-state index in [4.69, 9.17) is 4.74 Å². The molecule has 4 nitrogen and oxygen atoms in total. The van der Waals surface area contributed by atoms with Gasteiger partial charge in [0.1, 0.15) is 5.75 Å². The third kappa shape index (κ3) is 3.62. The highest BCUT2D eigenvalue weighted by Gasteiger charge is 2.43. The molecule has 4 heteroatoms. The van der Waals surface area contributed by atoms with Crippen molar-refractivity contribution in [1.29, 1.82) is 0 Å². The molecule has 3 aromatic rings. The summed E-state index contributed by atoms with van der Waals surface area (Å²) in [5, 5.41) is 11.1. The average molecular weight is 401 g/mol. The third-order valence-electron chi connectivity index (χ3n) is 6.84. The minimum Gasteiger partial charge on any atom is -0.508 e. The minimum absolute atomic E-state index is 0.0777. The molecular formula is C26H28N2O2. The zero-order valence-electron chi connectivity index (χ0n) is 17.2. The van der Waals surface area contributed by atoms with Crippen LogP contribution in [-0.2, 0) is 11.3 Å². The fraction of sp³-hybridized carbons (Fsp3) is 0.346. The molecule has 0 saturated carbocycles. The standard InChI is InChI=1S/C26H28N2O2/c1-2-19-16-28-13-11-20(19)14-25(28)26(30-17-18-6-4-3-5-7-18)22-10-12-27-24-9-8-21(29)15-23(22)24/h2-10,12,15,19-20,25-26,29H,1,11,13-14,16-17H2/t19-,20-,25-,26-/m0/s1. The van der Waals surface area contributed by atoms with Crippen LogP contribution in [0.15, 0.2) is 73.4 Å². The van der Waals surface area contributed by atoms with E-state index in [2.05, 4.69) is 40.7 Å². The maximum absolute atomic E-state index is 10.1. The molecule has 2 bridgehead atoms. The Bertz CT molecular complexity index is 1040. The number of nitrogens with zero attached hydrogens (tertiary/aromatic N) is 2. The first kappa shape index (κ1) is 19.3. The van der Waals surface area contributed by atoms with Crippen molar-refractivity contribution in [1.82, 2.24) is 9.88 Å². The molecule has 1 aromatic heterocycles. The maximum Gasteiger partial charge on any atom is 0.116 e. The number of ether oxygens (including phenoxy) is 1. The number of phenolic OH excluding ortho intramolecular Hbond substituents is 1. The van der Waals surface area contributed by atoms with Gasteiger partial charge in [-0.15, -0.1) is 6.58 Å². The summed E-state index contributed by atoms with van der Waals surface area (Å²) in [5.41, 5.74) is 3.17. The first-order chi connectivity index (χ1) is 14.7. The number of aromatic nitrogens is 1. The molecule has 1 N–H and O–H groups in total. The smallest absolute Gasteiger partial charge is 0.116 e. The fourth-order valence-electron chi connectivity index (χ4n) is 5.26. The molecule has 3 aliphatic heterocycles. The molecule has 3 aliphatic rings. The number of hydrogen-bond donors (Lipinski definition) is 1. The van der Waals surface area contributed by atoms with Crippen molar-refractivity contribution in [3.05, 3.63) is 84.6 Å². The van der Waals surface area contributed by atoms with E-state index in [0.717, 1.165) is 36.0 Å². The Morgan fingerprint density at radius 1 is 1.20 bits per heavy atom. The first-order valence-corrected chi connectivity index (χ1v) is 10.8. The van der Waals surface area contributed by atoms with Crippen molar-refractivity contribution in [2.45, 2.75) is 31.6 Å². The normalized spacial score (nSPS) is 26.5. The molecular weight excluding hydrogens is 372 g/mol. The molecule has 5 atom stereocenters. The topological polar surface area (TPSA) is 45.6 Å². The maximum atomic E-state index is 10.1. The lowest BCUT2D eigenvalue weighted by Crippen LogP contribution is -2.55. The van der Waals surface area contributed by atoms with Crippen LogP contribution in [-0.4, -0.2) is 34.1 Å². The van der Waals surface area contributed by atoms with Crippen molar-refractivity contribution < 1.29 is 9.84 Å². The Balaban J connectivity index is 1.52. The number of phenols is 1. The summed E-state index contributed by atoms with van der Waals surface area (Å²) in [6, 6.07) is 18.1. The van der Waals surface area contributed by atoms with Gasteiger partial charge < -0.3 is 9.84 Å². The number of aromatic hydroxyl groups is 1. The van der Waals surface area contributed by atoms with Crippen LogP contribution < -0.4 is 0 Å². The van der Waals surface area contributed by atoms with Crippen LogP contribution in [0, 0.1) is 11.8 Å². The van der Waals surface area contributed by atoms with E-state index in [9.17, 15) is 5.11 Å². The summed E-state index contributed by atoms with van der Waals surface area (Å²) in [7, 11) is 0. The number of rotatable bonds is 6. The Hall–Kier alpha value is -2.69. The van der Waals surface area contributed by atoms with Crippen LogP contribution in [0.25, 0.3) is 10.9 Å². The van der Waals surface area contributed by atoms with Gasteiger partial charge >= 0.3 is 0 Å². The van der Waals surface area contributed by atoms with Crippen LogP contribution in [0.3, 0.4) is 0 Å². The minimum atomic E-state index is -0.0777. The van der Waals surface area contributed by atoms with Gasteiger partial charge in [0.15, 0.2) is 0 Å². The zero-order chi connectivity index (χ0) is 20.5. The quantitative estimate of drug-likeness (QED) is 0.585. The highest BCUT2D eigenvalue weighted by atomic mass is 16.5. The summed E-state index contributed by atoms with van der Waals surface area (Å²) >= 11 is 0. The molecule has 154 valence electrons. The Labute approximate surface area is 177 Å². The summed E-state index contributed by atoms with van der Waals surface area (Å²) in [6.45, 7) is 6.79. The second-order valence-corrected chi connectivity index (χ2v) is 8.57. The molecule has 0 spiro atoms. The molecule has 0 aliphatic carbocycles. The molecule has 4 heterocycles. The summed E-state index contributed by atoms with van der Waals surface area (Å²) < 4.78 is 6.65. The van der Waals surface area contributed by atoms with Crippen molar-refractivity contribution in [3.8, 4) is 5.75 Å². The Kier molecular flexibility index (Phi) is 5.28. The monoisotopic (exact) mass is 400 g/mol. The zero-order valence-corrected chi connectivity index (χ0v) is 17.2. The van der Waals surface area contributed by atoms with Gasteiger partial charge in [-0.25, -0.2) is 0 Å². The van der Waals surface area contributed by atoms with Crippen LogP contribution in [0.4, 0.5) is 0 Å². The lowest BCUT2D eigenvalue weighted by atomic mass is 9.73. The van der Waals surface area contributed by atoms with E-state index < -0.39 is 0 Å². The second-order valence-electron chi connectivity index (χ2n) is 8.57. The lowest BCUT2D eigenvalue weighted by molar-refractivity contribution is -0.0803. The van der Waals surface area contributed by atoms with Gasteiger partial charge in [0.25, 0.3) is 0 Å².